The molecule has 1 saturated heterocycles. The minimum absolute atomic E-state index is 0.0349. The maximum absolute atomic E-state index is 12.9. The van der Waals surface area contributed by atoms with Crippen LogP contribution in [0, 0.1) is 18.8 Å². The maximum Gasteiger partial charge on any atom is 0.220 e. The molecule has 1 aliphatic carbocycles. The molecule has 4 rings (SSSR count). The molecule has 0 unspecified atom stereocenters. The number of piperidine rings is 1. The smallest absolute Gasteiger partial charge is 0.220 e. The molecule has 172 valence electrons. The van der Waals surface area contributed by atoms with Crippen LogP contribution in [-0.4, -0.2) is 36.0 Å². The molecule has 1 N–H and O–H groups in total. The highest BCUT2D eigenvalue weighted by Crippen LogP contribution is 2.33. The Morgan fingerprint density at radius 2 is 2.00 bits per heavy atom. The van der Waals surface area contributed by atoms with Gasteiger partial charge in [0.2, 0.25) is 5.91 Å². The van der Waals surface area contributed by atoms with Crippen molar-refractivity contribution in [1.29, 1.82) is 0 Å². The third-order valence-electron chi connectivity index (χ3n) is 7.18. The average Bonchev–Trinajstić information content (AvgIpc) is 3.31. The number of aromatic nitrogens is 1. The lowest BCUT2D eigenvalue weighted by Crippen LogP contribution is -2.43. The van der Waals surface area contributed by atoms with Crippen molar-refractivity contribution in [1.82, 2.24) is 15.2 Å². The monoisotopic (exact) mass is 435 g/mol. The molecule has 1 aliphatic heterocycles. The molecule has 2 heterocycles. The number of para-hydroxylation sites is 1. The Bertz CT molecular complexity index is 880. The zero-order valence-electron chi connectivity index (χ0n) is 19.6. The van der Waals surface area contributed by atoms with E-state index in [-0.39, 0.29) is 11.9 Å². The normalized spacial score (nSPS) is 20.8. The lowest BCUT2D eigenvalue weighted by Gasteiger charge is -2.37. The molecular formula is C27H37N3O2. The van der Waals surface area contributed by atoms with Crippen LogP contribution in [-0.2, 0) is 11.3 Å². The van der Waals surface area contributed by atoms with Crippen molar-refractivity contribution < 1.29 is 9.53 Å². The summed E-state index contributed by atoms with van der Waals surface area (Å²) < 4.78 is 5.68. The van der Waals surface area contributed by atoms with E-state index >= 15 is 0 Å². The van der Waals surface area contributed by atoms with Crippen molar-refractivity contribution in [3.05, 3.63) is 59.4 Å². The van der Waals surface area contributed by atoms with Gasteiger partial charge in [-0.3, -0.25) is 14.7 Å². The predicted octanol–water partition coefficient (Wildman–Crippen LogP) is 5.05. The number of rotatable bonds is 8. The Balaban J connectivity index is 1.47. The molecule has 5 nitrogen and oxygen atoms in total. The first-order valence-electron chi connectivity index (χ1n) is 12.2. The highest BCUT2D eigenvalue weighted by Gasteiger charge is 2.31. The highest BCUT2D eigenvalue weighted by molar-refractivity contribution is 5.76. The lowest BCUT2D eigenvalue weighted by atomic mass is 9.87. The molecule has 0 bridgehead atoms. The van der Waals surface area contributed by atoms with E-state index in [0.29, 0.717) is 18.3 Å². The van der Waals surface area contributed by atoms with Gasteiger partial charge in [-0.1, -0.05) is 37.1 Å². The minimum Gasteiger partial charge on any atom is -0.496 e. The van der Waals surface area contributed by atoms with E-state index in [9.17, 15) is 4.79 Å². The van der Waals surface area contributed by atoms with Crippen molar-refractivity contribution in [3.63, 3.8) is 0 Å². The summed E-state index contributed by atoms with van der Waals surface area (Å²) in [4.78, 5) is 20.1. The molecule has 2 atom stereocenters. The number of carbonyl (C=O) groups excluding carboxylic acids is 1. The number of ether oxygens (including phenoxy) is 1. The number of nitrogens with zero attached hydrogens (tertiary/aromatic N) is 2. The van der Waals surface area contributed by atoms with Crippen LogP contribution >= 0.6 is 0 Å². The van der Waals surface area contributed by atoms with Crippen LogP contribution in [0.5, 0.6) is 5.75 Å². The molecule has 0 spiro atoms. The third-order valence-corrected chi connectivity index (χ3v) is 7.18. The highest BCUT2D eigenvalue weighted by atomic mass is 16.5. The number of hydrogen-bond donors (Lipinski definition) is 1. The quantitative estimate of drug-likeness (QED) is 0.631. The molecule has 1 amide bonds. The Morgan fingerprint density at radius 3 is 2.75 bits per heavy atom. The second-order valence-corrected chi connectivity index (χ2v) is 9.56. The number of carbonyl (C=O) groups is 1. The van der Waals surface area contributed by atoms with Crippen LogP contribution in [0.3, 0.4) is 0 Å². The van der Waals surface area contributed by atoms with E-state index in [1.807, 2.05) is 18.3 Å². The van der Waals surface area contributed by atoms with Gasteiger partial charge >= 0.3 is 0 Å². The van der Waals surface area contributed by atoms with Gasteiger partial charge in [-0.25, -0.2) is 0 Å². The molecule has 5 heteroatoms. The zero-order valence-corrected chi connectivity index (χ0v) is 19.6. The van der Waals surface area contributed by atoms with Gasteiger partial charge in [0, 0.05) is 31.3 Å². The number of benzene rings is 1. The summed E-state index contributed by atoms with van der Waals surface area (Å²) in [5, 5.41) is 3.39. The van der Waals surface area contributed by atoms with Crippen molar-refractivity contribution in [2.24, 2.45) is 11.8 Å². The zero-order chi connectivity index (χ0) is 22.3. The summed E-state index contributed by atoms with van der Waals surface area (Å²) in [5.41, 5.74) is 3.38. The van der Waals surface area contributed by atoms with Gasteiger partial charge in [-0.15, -0.1) is 0 Å². The summed E-state index contributed by atoms with van der Waals surface area (Å²) in [5.74, 6) is 2.07. The first-order chi connectivity index (χ1) is 15.6. The van der Waals surface area contributed by atoms with Gasteiger partial charge in [0.25, 0.3) is 0 Å². The predicted molar refractivity (Wildman–Crippen MR) is 127 cm³/mol. The number of methoxy groups -OCH3 is 1. The molecule has 1 aromatic heterocycles. The summed E-state index contributed by atoms with van der Waals surface area (Å²) in [7, 11) is 1.75. The number of amides is 1. The Kier molecular flexibility index (Phi) is 7.80. The van der Waals surface area contributed by atoms with Gasteiger partial charge in [-0.2, -0.15) is 0 Å². The van der Waals surface area contributed by atoms with Crippen LogP contribution in [0.4, 0.5) is 0 Å². The first-order valence-corrected chi connectivity index (χ1v) is 12.2. The largest absolute Gasteiger partial charge is 0.496 e. The van der Waals surface area contributed by atoms with Crippen LogP contribution in [0.1, 0.15) is 67.8 Å². The van der Waals surface area contributed by atoms with Crippen LogP contribution in [0.15, 0.2) is 42.6 Å². The topological polar surface area (TPSA) is 54.5 Å². The van der Waals surface area contributed by atoms with Crippen molar-refractivity contribution in [3.8, 4) is 5.75 Å². The summed E-state index contributed by atoms with van der Waals surface area (Å²) in [6.07, 6.45) is 9.63. The molecule has 32 heavy (non-hydrogen) atoms. The van der Waals surface area contributed by atoms with E-state index in [2.05, 4.69) is 46.4 Å². The minimum atomic E-state index is -0.0349. The van der Waals surface area contributed by atoms with E-state index in [4.69, 9.17) is 4.74 Å². The fourth-order valence-electron chi connectivity index (χ4n) is 5.58. The van der Waals surface area contributed by atoms with Crippen LogP contribution in [0.25, 0.3) is 0 Å². The van der Waals surface area contributed by atoms with Crippen molar-refractivity contribution in [2.45, 2.75) is 64.5 Å². The van der Waals surface area contributed by atoms with Gasteiger partial charge in [0.15, 0.2) is 0 Å². The second kappa shape index (κ2) is 11.0. The van der Waals surface area contributed by atoms with E-state index < -0.39 is 0 Å². The van der Waals surface area contributed by atoms with Gasteiger partial charge in [-0.05, 0) is 68.7 Å². The van der Waals surface area contributed by atoms with E-state index in [1.54, 1.807) is 7.11 Å². The number of nitrogens with one attached hydrogen (secondary N) is 1. The Hall–Kier alpha value is -2.40. The van der Waals surface area contributed by atoms with Gasteiger partial charge in [0.05, 0.1) is 18.8 Å². The number of aryl methyl sites for hydroxylation is 1. The molecule has 2 fully saturated rings. The molecule has 2 aromatic rings. The molecule has 0 radical (unpaired) electrons. The standard InChI is InChI=1S/C27H37N3O2/c1-20-9-7-12-23(27(20)32-2)19-30-16-8-13-22(18-30)26(24-14-5-6-15-28-24)29-25(31)17-21-10-3-4-11-21/h5-7,9,12,14-15,21-22,26H,3-4,8,10-11,13,16-19H2,1-2H3,(H,29,31)/t22-,26-/m0/s1. The third kappa shape index (κ3) is 5.69. The average molecular weight is 436 g/mol. The Labute approximate surface area is 192 Å². The number of pyridine rings is 1. The number of hydrogen-bond acceptors (Lipinski definition) is 4. The second-order valence-electron chi connectivity index (χ2n) is 9.56. The number of likely N-dealkylation sites (tertiary alicyclic amines) is 1. The molecule has 2 aliphatic rings. The van der Waals surface area contributed by atoms with Gasteiger partial charge < -0.3 is 10.1 Å². The van der Waals surface area contributed by atoms with Crippen molar-refractivity contribution in [2.75, 3.05) is 20.2 Å². The Morgan fingerprint density at radius 1 is 1.16 bits per heavy atom. The molecule has 1 aromatic carbocycles. The van der Waals surface area contributed by atoms with Crippen molar-refractivity contribution >= 4 is 5.91 Å². The summed E-state index contributed by atoms with van der Waals surface area (Å²) in [6, 6.07) is 12.4. The van der Waals surface area contributed by atoms with Crippen LogP contribution in [0.2, 0.25) is 0 Å². The van der Waals surface area contributed by atoms with E-state index in [1.165, 1.54) is 36.8 Å². The first kappa shape index (κ1) is 22.8. The lowest BCUT2D eigenvalue weighted by molar-refractivity contribution is -0.123. The maximum atomic E-state index is 12.9. The van der Waals surface area contributed by atoms with Crippen LogP contribution < -0.4 is 10.1 Å². The SMILES string of the molecule is COc1c(C)cccc1CN1CCC[C@H]([C@H](NC(=O)CC2CCCC2)c2ccccn2)C1. The summed E-state index contributed by atoms with van der Waals surface area (Å²) >= 11 is 0. The fraction of sp³-hybridized carbons (Fsp3) is 0.556. The molecular weight excluding hydrogens is 398 g/mol. The fourth-order valence-corrected chi connectivity index (χ4v) is 5.58. The van der Waals surface area contributed by atoms with E-state index in [0.717, 1.165) is 43.9 Å². The molecule has 1 saturated carbocycles. The van der Waals surface area contributed by atoms with Gasteiger partial charge in [0.1, 0.15) is 5.75 Å². The summed E-state index contributed by atoms with van der Waals surface area (Å²) in [6.45, 7) is 4.98.